The average molecular weight is 334 g/mol. The Hall–Kier alpha value is -2.62. The third-order valence-electron chi connectivity index (χ3n) is 5.98. The number of likely N-dealkylation sites (N-methyl/N-ethyl adjacent to an activating group) is 1. The maximum Gasteiger partial charge on any atom is 0.261 e. The minimum atomic E-state index is -0.205. The van der Waals surface area contributed by atoms with Crippen molar-refractivity contribution in [1.82, 2.24) is 4.90 Å². The second-order valence-corrected chi connectivity index (χ2v) is 7.60. The largest absolute Gasteiger partial charge is 0.371 e. The molecule has 2 aromatic rings. The Kier molecular flexibility index (Phi) is 3.29. The van der Waals surface area contributed by atoms with Crippen LogP contribution in [0.4, 0.5) is 5.69 Å². The monoisotopic (exact) mass is 334 g/mol. The molecule has 1 atom stereocenters. The Balaban J connectivity index is 1.66. The summed E-state index contributed by atoms with van der Waals surface area (Å²) in [7, 11) is 2.10. The SMILES string of the molecule is C[C@@H]1N(C)c2cc(CN3C(=O)c4ccccc4C3=O)ccc2C1(C)C. The Morgan fingerprint density at radius 3 is 2.20 bits per heavy atom. The molecule has 0 unspecified atom stereocenters. The summed E-state index contributed by atoms with van der Waals surface area (Å²) in [6, 6.07) is 13.7. The topological polar surface area (TPSA) is 40.6 Å². The maximum absolute atomic E-state index is 12.6. The van der Waals surface area contributed by atoms with E-state index in [1.165, 1.54) is 16.2 Å². The molecule has 0 spiro atoms. The molecule has 0 fully saturated rings. The molecule has 2 aliphatic heterocycles. The van der Waals surface area contributed by atoms with Crippen molar-refractivity contribution in [2.45, 2.75) is 38.8 Å². The van der Waals surface area contributed by atoms with E-state index < -0.39 is 0 Å². The van der Waals surface area contributed by atoms with E-state index in [1.807, 2.05) is 6.07 Å². The van der Waals surface area contributed by atoms with Crippen LogP contribution in [-0.4, -0.2) is 29.8 Å². The normalized spacial score (nSPS) is 20.9. The summed E-state index contributed by atoms with van der Waals surface area (Å²) in [5, 5.41) is 0. The second kappa shape index (κ2) is 5.19. The molecule has 0 N–H and O–H groups in total. The van der Waals surface area contributed by atoms with Crippen molar-refractivity contribution in [3.05, 3.63) is 64.7 Å². The Morgan fingerprint density at radius 1 is 1.00 bits per heavy atom. The van der Waals surface area contributed by atoms with Crippen LogP contribution in [0.15, 0.2) is 42.5 Å². The third kappa shape index (κ3) is 2.13. The van der Waals surface area contributed by atoms with Crippen molar-refractivity contribution in [1.29, 1.82) is 0 Å². The Labute approximate surface area is 148 Å². The van der Waals surface area contributed by atoms with E-state index in [4.69, 9.17) is 0 Å². The van der Waals surface area contributed by atoms with Crippen LogP contribution in [0.5, 0.6) is 0 Å². The van der Waals surface area contributed by atoms with Gasteiger partial charge in [0.15, 0.2) is 0 Å². The summed E-state index contributed by atoms with van der Waals surface area (Å²) in [6.07, 6.45) is 0. The van der Waals surface area contributed by atoms with Gasteiger partial charge in [-0.2, -0.15) is 0 Å². The number of carbonyl (C=O) groups excluding carboxylic acids is 2. The van der Waals surface area contributed by atoms with E-state index in [2.05, 4.69) is 44.9 Å². The molecule has 4 nitrogen and oxygen atoms in total. The van der Waals surface area contributed by atoms with E-state index in [-0.39, 0.29) is 17.2 Å². The first-order valence-electron chi connectivity index (χ1n) is 8.64. The predicted octanol–water partition coefficient (Wildman–Crippen LogP) is 3.60. The molecule has 25 heavy (non-hydrogen) atoms. The summed E-state index contributed by atoms with van der Waals surface area (Å²) in [5.74, 6) is -0.411. The Morgan fingerprint density at radius 2 is 1.60 bits per heavy atom. The van der Waals surface area contributed by atoms with Crippen molar-refractivity contribution in [2.75, 3.05) is 11.9 Å². The molecule has 2 aliphatic rings. The van der Waals surface area contributed by atoms with E-state index in [0.29, 0.717) is 23.7 Å². The maximum atomic E-state index is 12.6. The smallest absolute Gasteiger partial charge is 0.261 e. The molecule has 0 aromatic heterocycles. The van der Waals surface area contributed by atoms with Gasteiger partial charge in [0.25, 0.3) is 11.8 Å². The van der Waals surface area contributed by atoms with Gasteiger partial charge in [0.2, 0.25) is 0 Å². The van der Waals surface area contributed by atoms with Gasteiger partial charge in [0.1, 0.15) is 0 Å². The molecule has 0 saturated heterocycles. The predicted molar refractivity (Wildman–Crippen MR) is 98.0 cm³/mol. The van der Waals surface area contributed by atoms with Crippen LogP contribution >= 0.6 is 0 Å². The number of imide groups is 1. The fourth-order valence-electron chi connectivity index (χ4n) is 4.00. The zero-order valence-electron chi connectivity index (χ0n) is 15.0. The zero-order valence-corrected chi connectivity index (χ0v) is 15.0. The number of carbonyl (C=O) groups is 2. The molecule has 2 amide bonds. The van der Waals surface area contributed by atoms with Crippen molar-refractivity contribution < 1.29 is 9.59 Å². The molecule has 4 rings (SSSR count). The highest BCUT2D eigenvalue weighted by molar-refractivity contribution is 6.21. The summed E-state index contributed by atoms with van der Waals surface area (Å²) in [4.78, 5) is 28.7. The summed E-state index contributed by atoms with van der Waals surface area (Å²) in [5.41, 5.74) is 4.56. The van der Waals surface area contributed by atoms with Crippen molar-refractivity contribution >= 4 is 17.5 Å². The summed E-state index contributed by atoms with van der Waals surface area (Å²) >= 11 is 0. The number of anilines is 1. The van der Waals surface area contributed by atoms with Crippen LogP contribution < -0.4 is 4.90 Å². The number of fused-ring (bicyclic) bond motifs is 2. The van der Waals surface area contributed by atoms with E-state index in [1.54, 1.807) is 24.3 Å². The van der Waals surface area contributed by atoms with Gasteiger partial charge in [-0.05, 0) is 36.2 Å². The van der Waals surface area contributed by atoms with E-state index in [0.717, 1.165) is 5.56 Å². The fourth-order valence-corrected chi connectivity index (χ4v) is 4.00. The molecule has 0 radical (unpaired) electrons. The molecular weight excluding hydrogens is 312 g/mol. The van der Waals surface area contributed by atoms with Gasteiger partial charge >= 0.3 is 0 Å². The highest BCUT2D eigenvalue weighted by Crippen LogP contribution is 2.44. The number of nitrogens with zero attached hydrogens (tertiary/aromatic N) is 2. The standard InChI is InChI=1S/C21H22N2O2/c1-13-21(2,3)17-10-9-14(11-18(17)22(13)4)12-23-19(24)15-7-5-6-8-16(15)20(23)25/h5-11,13H,12H2,1-4H3/t13-/m0/s1. The second-order valence-electron chi connectivity index (χ2n) is 7.60. The van der Waals surface area contributed by atoms with Gasteiger partial charge < -0.3 is 4.90 Å². The van der Waals surface area contributed by atoms with Crippen molar-refractivity contribution in [2.24, 2.45) is 0 Å². The molecule has 2 heterocycles. The molecule has 0 aliphatic carbocycles. The van der Waals surface area contributed by atoms with Gasteiger partial charge in [-0.15, -0.1) is 0 Å². The van der Waals surface area contributed by atoms with Crippen LogP contribution in [-0.2, 0) is 12.0 Å². The minimum Gasteiger partial charge on any atom is -0.371 e. The lowest BCUT2D eigenvalue weighted by atomic mass is 9.81. The first-order chi connectivity index (χ1) is 11.8. The van der Waals surface area contributed by atoms with Crippen molar-refractivity contribution in [3.8, 4) is 0 Å². The average Bonchev–Trinajstić information content (AvgIpc) is 2.94. The van der Waals surface area contributed by atoms with Gasteiger partial charge in [-0.3, -0.25) is 14.5 Å². The summed E-state index contributed by atoms with van der Waals surface area (Å²) < 4.78 is 0. The molecule has 0 saturated carbocycles. The summed E-state index contributed by atoms with van der Waals surface area (Å²) in [6.45, 7) is 7.04. The van der Waals surface area contributed by atoms with Crippen LogP contribution in [0.2, 0.25) is 0 Å². The highest BCUT2D eigenvalue weighted by Gasteiger charge is 2.40. The molecule has 0 bridgehead atoms. The third-order valence-corrected chi connectivity index (χ3v) is 5.98. The minimum absolute atomic E-state index is 0.0815. The van der Waals surface area contributed by atoms with Gasteiger partial charge in [0.05, 0.1) is 17.7 Å². The number of amides is 2. The van der Waals surface area contributed by atoms with Crippen LogP contribution in [0, 0.1) is 0 Å². The number of hydrogen-bond donors (Lipinski definition) is 0. The van der Waals surface area contributed by atoms with Gasteiger partial charge in [0, 0.05) is 24.2 Å². The van der Waals surface area contributed by atoms with E-state index in [9.17, 15) is 9.59 Å². The zero-order chi connectivity index (χ0) is 17.9. The Bertz CT molecular complexity index is 866. The van der Waals surface area contributed by atoms with Gasteiger partial charge in [-0.1, -0.05) is 38.1 Å². The number of benzene rings is 2. The van der Waals surface area contributed by atoms with Gasteiger partial charge in [-0.25, -0.2) is 0 Å². The lowest BCUT2D eigenvalue weighted by molar-refractivity contribution is 0.0642. The molecular formula is C21H22N2O2. The highest BCUT2D eigenvalue weighted by atomic mass is 16.2. The van der Waals surface area contributed by atoms with Crippen molar-refractivity contribution in [3.63, 3.8) is 0 Å². The van der Waals surface area contributed by atoms with Crippen LogP contribution in [0.25, 0.3) is 0 Å². The lowest BCUT2D eigenvalue weighted by Gasteiger charge is -2.28. The number of hydrogen-bond acceptors (Lipinski definition) is 3. The van der Waals surface area contributed by atoms with E-state index >= 15 is 0 Å². The number of rotatable bonds is 2. The lowest BCUT2D eigenvalue weighted by Crippen LogP contribution is -2.36. The molecule has 128 valence electrons. The van der Waals surface area contributed by atoms with Crippen LogP contribution in [0.1, 0.15) is 52.6 Å². The quantitative estimate of drug-likeness (QED) is 0.788. The first-order valence-corrected chi connectivity index (χ1v) is 8.64. The molecule has 4 heteroatoms. The van der Waals surface area contributed by atoms with Crippen LogP contribution in [0.3, 0.4) is 0 Å². The first kappa shape index (κ1) is 15.9. The molecule has 2 aromatic carbocycles. The fraction of sp³-hybridized carbons (Fsp3) is 0.333.